The van der Waals surface area contributed by atoms with E-state index >= 15 is 0 Å². The Balaban J connectivity index is 2.99. The standard InChI is InChI=1S/C13H18Cl2FNO3S/c1-9(2)20-5-4-17(3)21(18,19)11-6-10(8-14)13(15)12(16)7-11/h6-7,9H,4-5,8H2,1-3H3. The molecule has 1 aromatic carbocycles. The van der Waals surface area contributed by atoms with Crippen LogP contribution in [0.2, 0.25) is 5.02 Å². The number of rotatable bonds is 7. The summed E-state index contributed by atoms with van der Waals surface area (Å²) < 4.78 is 44.8. The minimum Gasteiger partial charge on any atom is -0.377 e. The molecule has 1 aromatic rings. The highest BCUT2D eigenvalue weighted by Crippen LogP contribution is 2.27. The molecule has 0 radical (unpaired) electrons. The van der Waals surface area contributed by atoms with Gasteiger partial charge in [0.2, 0.25) is 10.0 Å². The quantitative estimate of drug-likeness (QED) is 0.703. The van der Waals surface area contributed by atoms with E-state index in [9.17, 15) is 12.8 Å². The van der Waals surface area contributed by atoms with E-state index in [1.54, 1.807) is 0 Å². The number of hydrogen-bond donors (Lipinski definition) is 0. The third-order valence-electron chi connectivity index (χ3n) is 2.79. The number of hydrogen-bond acceptors (Lipinski definition) is 3. The summed E-state index contributed by atoms with van der Waals surface area (Å²) in [5.41, 5.74) is 0.240. The molecule has 0 unspecified atom stereocenters. The normalized spacial score (nSPS) is 12.4. The van der Waals surface area contributed by atoms with Gasteiger partial charge < -0.3 is 4.74 Å². The highest BCUT2D eigenvalue weighted by atomic mass is 35.5. The van der Waals surface area contributed by atoms with Crippen LogP contribution in [0.1, 0.15) is 19.4 Å². The molecule has 0 aliphatic heterocycles. The summed E-state index contributed by atoms with van der Waals surface area (Å²) in [6.45, 7) is 4.14. The molecule has 0 heterocycles. The van der Waals surface area contributed by atoms with Gasteiger partial charge in [-0.2, -0.15) is 4.31 Å². The number of ether oxygens (including phenoxy) is 1. The molecule has 0 bridgehead atoms. The fourth-order valence-electron chi connectivity index (χ4n) is 1.58. The van der Waals surface area contributed by atoms with Crippen molar-refractivity contribution in [2.24, 2.45) is 0 Å². The maximum atomic E-state index is 13.7. The third-order valence-corrected chi connectivity index (χ3v) is 5.33. The van der Waals surface area contributed by atoms with E-state index in [-0.39, 0.29) is 40.6 Å². The maximum Gasteiger partial charge on any atom is 0.243 e. The van der Waals surface area contributed by atoms with Crippen LogP contribution >= 0.6 is 23.2 Å². The highest BCUT2D eigenvalue weighted by Gasteiger charge is 2.23. The molecule has 8 heteroatoms. The predicted molar refractivity (Wildman–Crippen MR) is 81.9 cm³/mol. The molecule has 0 atom stereocenters. The van der Waals surface area contributed by atoms with Crippen LogP contribution < -0.4 is 0 Å². The van der Waals surface area contributed by atoms with Gasteiger partial charge in [-0.25, -0.2) is 12.8 Å². The molecule has 0 N–H and O–H groups in total. The summed E-state index contributed by atoms with van der Waals surface area (Å²) in [4.78, 5) is -0.174. The van der Waals surface area contributed by atoms with Gasteiger partial charge in [0, 0.05) is 19.5 Å². The second-order valence-electron chi connectivity index (χ2n) is 4.76. The average Bonchev–Trinajstić information content (AvgIpc) is 2.40. The Hall–Kier alpha value is -0.400. The molecule has 0 aliphatic rings. The van der Waals surface area contributed by atoms with Crippen molar-refractivity contribution in [1.29, 1.82) is 0 Å². The minimum atomic E-state index is -3.81. The van der Waals surface area contributed by atoms with Gasteiger partial charge in [0.15, 0.2) is 0 Å². The molecule has 4 nitrogen and oxygen atoms in total. The van der Waals surface area contributed by atoms with Crippen molar-refractivity contribution in [1.82, 2.24) is 4.31 Å². The molecule has 0 aliphatic carbocycles. The van der Waals surface area contributed by atoms with E-state index in [1.165, 1.54) is 13.1 Å². The molecule has 1 rings (SSSR count). The summed E-state index contributed by atoms with van der Waals surface area (Å²) >= 11 is 11.4. The van der Waals surface area contributed by atoms with Crippen molar-refractivity contribution >= 4 is 33.2 Å². The van der Waals surface area contributed by atoms with E-state index in [4.69, 9.17) is 27.9 Å². The smallest absolute Gasteiger partial charge is 0.243 e. The Bertz CT molecular complexity index is 593. The molecule has 0 fully saturated rings. The average molecular weight is 358 g/mol. The van der Waals surface area contributed by atoms with Crippen molar-refractivity contribution in [2.75, 3.05) is 20.2 Å². The lowest BCUT2D eigenvalue weighted by molar-refractivity contribution is 0.0737. The van der Waals surface area contributed by atoms with Crippen LogP contribution in [0, 0.1) is 5.82 Å². The molecule has 0 saturated heterocycles. The SMILES string of the molecule is CC(C)OCCN(C)S(=O)(=O)c1cc(F)c(Cl)c(CCl)c1. The maximum absolute atomic E-state index is 13.7. The zero-order chi connectivity index (χ0) is 16.2. The Morgan fingerprint density at radius 2 is 2.00 bits per heavy atom. The van der Waals surface area contributed by atoms with Crippen LogP contribution in [0.4, 0.5) is 4.39 Å². The summed E-state index contributed by atoms with van der Waals surface area (Å²) in [5.74, 6) is -0.876. The Morgan fingerprint density at radius 1 is 1.38 bits per heavy atom. The molecule has 0 saturated carbocycles. The second kappa shape index (κ2) is 7.74. The van der Waals surface area contributed by atoms with E-state index in [1.807, 2.05) is 13.8 Å². The van der Waals surface area contributed by atoms with Gasteiger partial charge in [-0.1, -0.05) is 11.6 Å². The van der Waals surface area contributed by atoms with Crippen LogP contribution in [-0.4, -0.2) is 39.0 Å². The van der Waals surface area contributed by atoms with Crippen LogP contribution in [0.25, 0.3) is 0 Å². The predicted octanol–water partition coefficient (Wildman–Crippen LogP) is 3.26. The summed E-state index contributed by atoms with van der Waals surface area (Å²) in [7, 11) is -2.40. The van der Waals surface area contributed by atoms with Crippen molar-refractivity contribution in [2.45, 2.75) is 30.7 Å². The van der Waals surface area contributed by atoms with Gasteiger partial charge in [0.25, 0.3) is 0 Å². The number of alkyl halides is 1. The van der Waals surface area contributed by atoms with Crippen LogP contribution in [0.3, 0.4) is 0 Å². The molecule has 0 aromatic heterocycles. The number of nitrogens with zero attached hydrogens (tertiary/aromatic N) is 1. The van der Waals surface area contributed by atoms with Gasteiger partial charge in [-0.05, 0) is 31.5 Å². The van der Waals surface area contributed by atoms with Crippen LogP contribution in [0.5, 0.6) is 0 Å². The zero-order valence-corrected chi connectivity index (χ0v) is 14.4. The Labute approximate surface area is 134 Å². The molecule has 0 spiro atoms. The van der Waals surface area contributed by atoms with Crippen LogP contribution in [-0.2, 0) is 20.6 Å². The van der Waals surface area contributed by atoms with E-state index in [0.29, 0.717) is 0 Å². The topological polar surface area (TPSA) is 46.6 Å². The van der Waals surface area contributed by atoms with E-state index in [2.05, 4.69) is 0 Å². The van der Waals surface area contributed by atoms with Gasteiger partial charge in [0.1, 0.15) is 5.82 Å². The number of halogens is 3. The van der Waals surface area contributed by atoms with Crippen molar-refractivity contribution in [3.05, 3.63) is 28.5 Å². The summed E-state index contributed by atoms with van der Waals surface area (Å²) in [6.07, 6.45) is 0.0110. The van der Waals surface area contributed by atoms with E-state index in [0.717, 1.165) is 10.4 Å². The largest absolute Gasteiger partial charge is 0.377 e. The van der Waals surface area contributed by atoms with Crippen LogP contribution in [0.15, 0.2) is 17.0 Å². The van der Waals surface area contributed by atoms with Gasteiger partial charge in [0.05, 0.1) is 22.6 Å². The number of sulfonamides is 1. The molecule has 21 heavy (non-hydrogen) atoms. The highest BCUT2D eigenvalue weighted by molar-refractivity contribution is 7.89. The number of likely N-dealkylation sites (N-methyl/N-ethyl adjacent to an activating group) is 1. The second-order valence-corrected chi connectivity index (χ2v) is 7.45. The van der Waals surface area contributed by atoms with Crippen molar-refractivity contribution in [3.63, 3.8) is 0 Å². The van der Waals surface area contributed by atoms with Gasteiger partial charge >= 0.3 is 0 Å². The summed E-state index contributed by atoms with van der Waals surface area (Å²) in [5, 5.41) is -0.158. The first-order chi connectivity index (χ1) is 9.70. The fourth-order valence-corrected chi connectivity index (χ4v) is 3.26. The molecular formula is C13H18Cl2FNO3S. The summed E-state index contributed by atoms with van der Waals surface area (Å²) in [6, 6.07) is 2.18. The lowest BCUT2D eigenvalue weighted by Crippen LogP contribution is -2.31. The van der Waals surface area contributed by atoms with E-state index < -0.39 is 15.8 Å². The monoisotopic (exact) mass is 357 g/mol. The Morgan fingerprint density at radius 3 is 2.52 bits per heavy atom. The van der Waals surface area contributed by atoms with Gasteiger partial charge in [-0.15, -0.1) is 11.6 Å². The Kier molecular flexibility index (Phi) is 6.87. The lowest BCUT2D eigenvalue weighted by Gasteiger charge is -2.18. The fraction of sp³-hybridized carbons (Fsp3) is 0.538. The third kappa shape index (κ3) is 4.79. The van der Waals surface area contributed by atoms with Gasteiger partial charge in [-0.3, -0.25) is 0 Å². The van der Waals surface area contributed by atoms with Crippen molar-refractivity contribution in [3.8, 4) is 0 Å². The molecule has 0 amide bonds. The first-order valence-corrected chi connectivity index (χ1v) is 8.67. The first-order valence-electron chi connectivity index (χ1n) is 6.32. The molecular weight excluding hydrogens is 340 g/mol. The first kappa shape index (κ1) is 18.6. The van der Waals surface area contributed by atoms with Crippen molar-refractivity contribution < 1.29 is 17.5 Å². The number of benzene rings is 1. The minimum absolute atomic E-state index is 0.0110. The molecule has 120 valence electrons. The zero-order valence-electron chi connectivity index (χ0n) is 12.1. The lowest BCUT2D eigenvalue weighted by atomic mass is 10.2.